The Balaban J connectivity index is 1.97. The molecule has 2 unspecified atom stereocenters. The molecule has 0 amide bonds. The highest BCUT2D eigenvalue weighted by Crippen LogP contribution is 2.14. The van der Waals surface area contributed by atoms with Gasteiger partial charge in [0.25, 0.3) is 0 Å². The van der Waals surface area contributed by atoms with E-state index in [2.05, 4.69) is 15.8 Å². The molecule has 0 bridgehead atoms. The van der Waals surface area contributed by atoms with Crippen molar-refractivity contribution in [1.29, 1.82) is 0 Å². The van der Waals surface area contributed by atoms with Gasteiger partial charge in [0.05, 0.1) is 0 Å². The molecule has 2 saturated heterocycles. The number of hydrogen-bond donors (Lipinski definition) is 2. The van der Waals surface area contributed by atoms with Crippen LogP contribution in [0, 0.1) is 0 Å². The number of nitrogens with one attached hydrogen (secondary N) is 2. The summed E-state index contributed by atoms with van der Waals surface area (Å²) in [5.74, 6) is 0. The van der Waals surface area contributed by atoms with Crippen molar-refractivity contribution in [1.82, 2.24) is 10.8 Å². The number of rotatable bonds is 0. The maximum Gasteiger partial charge on any atom is 0.126 e. The van der Waals surface area contributed by atoms with Crippen LogP contribution in [0.5, 0.6) is 0 Å². The molecule has 2 rings (SSSR count). The van der Waals surface area contributed by atoms with Crippen LogP contribution in [-0.4, -0.2) is 18.8 Å². The van der Waals surface area contributed by atoms with Gasteiger partial charge in [-0.25, -0.2) is 4.89 Å². The van der Waals surface area contributed by atoms with Crippen LogP contribution < -0.4 is 10.8 Å². The van der Waals surface area contributed by atoms with E-state index in [1.165, 1.54) is 6.42 Å². The first kappa shape index (κ1) is 5.61. The minimum absolute atomic E-state index is 0.221. The average Bonchev–Trinajstić information content (AvgIpc) is 2.33. The van der Waals surface area contributed by atoms with Crippen LogP contribution >= 0.6 is 0 Å². The summed E-state index contributed by atoms with van der Waals surface area (Å²) in [6.07, 6.45) is 2.70. The third-order valence-electron chi connectivity index (χ3n) is 1.75. The number of piperidine rings is 1. The highest BCUT2D eigenvalue weighted by molar-refractivity contribution is 4.78. The molecule has 0 aromatic rings. The monoisotopic (exact) mass is 130 g/mol. The van der Waals surface area contributed by atoms with E-state index in [0.29, 0.717) is 0 Å². The van der Waals surface area contributed by atoms with Crippen LogP contribution in [-0.2, 0) is 9.88 Å². The van der Waals surface area contributed by atoms with Crippen molar-refractivity contribution < 1.29 is 9.88 Å². The molecule has 52 valence electrons. The highest BCUT2D eigenvalue weighted by atomic mass is 17.3. The van der Waals surface area contributed by atoms with Crippen molar-refractivity contribution in [3.05, 3.63) is 0 Å². The zero-order valence-electron chi connectivity index (χ0n) is 5.09. The Labute approximate surface area is 53.4 Å². The third kappa shape index (κ3) is 0.943. The van der Waals surface area contributed by atoms with E-state index in [1.54, 1.807) is 0 Å². The molecule has 2 fully saturated rings. The third-order valence-corrected chi connectivity index (χ3v) is 1.75. The predicted molar refractivity (Wildman–Crippen MR) is 30.1 cm³/mol. The van der Waals surface area contributed by atoms with Crippen LogP contribution in [0.3, 0.4) is 0 Å². The molecule has 2 atom stereocenters. The summed E-state index contributed by atoms with van der Waals surface area (Å²) < 4.78 is 0. The van der Waals surface area contributed by atoms with Gasteiger partial charge in [-0.1, -0.05) is 0 Å². The van der Waals surface area contributed by atoms with Gasteiger partial charge in [0.15, 0.2) is 0 Å². The Hall–Kier alpha value is -0.160. The molecule has 0 aromatic carbocycles. The number of hydroxylamine groups is 1. The second-order valence-corrected chi connectivity index (χ2v) is 2.41. The molecule has 0 aromatic heterocycles. The van der Waals surface area contributed by atoms with Crippen molar-refractivity contribution in [3.63, 3.8) is 0 Å². The Morgan fingerprint density at radius 1 is 1.44 bits per heavy atom. The minimum atomic E-state index is 0.221. The van der Waals surface area contributed by atoms with Gasteiger partial charge in [0.1, 0.15) is 12.3 Å². The second-order valence-electron chi connectivity index (χ2n) is 2.41. The first-order valence-corrected chi connectivity index (χ1v) is 3.28. The summed E-state index contributed by atoms with van der Waals surface area (Å²) in [5, 5.41) is 3.22. The fourth-order valence-corrected chi connectivity index (χ4v) is 1.22. The highest BCUT2D eigenvalue weighted by Gasteiger charge is 2.31. The molecule has 4 nitrogen and oxygen atoms in total. The van der Waals surface area contributed by atoms with Crippen molar-refractivity contribution >= 4 is 0 Å². The SMILES string of the molecule is C1CNC2NOOC2C1. The molecule has 2 heterocycles. The van der Waals surface area contributed by atoms with E-state index in [0.717, 1.165) is 13.0 Å². The molecule has 0 aliphatic carbocycles. The summed E-state index contributed by atoms with van der Waals surface area (Å²) in [4.78, 5) is 9.46. The normalized spacial score (nSPS) is 42.7. The van der Waals surface area contributed by atoms with E-state index >= 15 is 0 Å². The lowest BCUT2D eigenvalue weighted by atomic mass is 10.1. The van der Waals surface area contributed by atoms with Gasteiger partial charge in [0, 0.05) is 0 Å². The Bertz CT molecular complexity index is 97.1. The van der Waals surface area contributed by atoms with Gasteiger partial charge >= 0.3 is 0 Å². The van der Waals surface area contributed by atoms with Crippen LogP contribution in [0.2, 0.25) is 0 Å². The molecule has 9 heavy (non-hydrogen) atoms. The van der Waals surface area contributed by atoms with Crippen molar-refractivity contribution in [2.75, 3.05) is 6.54 Å². The largest absolute Gasteiger partial charge is 0.298 e. The fraction of sp³-hybridized carbons (Fsp3) is 1.00. The Morgan fingerprint density at radius 3 is 3.33 bits per heavy atom. The van der Waals surface area contributed by atoms with E-state index in [1.807, 2.05) is 0 Å². The molecular formula is C5H10N2O2. The molecule has 0 radical (unpaired) electrons. The molecule has 4 heteroatoms. The quantitative estimate of drug-likeness (QED) is 0.435. The van der Waals surface area contributed by atoms with E-state index in [9.17, 15) is 0 Å². The summed E-state index contributed by atoms with van der Waals surface area (Å²) in [6, 6.07) is 0. The maximum absolute atomic E-state index is 4.88. The Morgan fingerprint density at radius 2 is 2.44 bits per heavy atom. The lowest BCUT2D eigenvalue weighted by molar-refractivity contribution is -0.307. The van der Waals surface area contributed by atoms with Gasteiger partial charge in [-0.3, -0.25) is 5.32 Å². The lowest BCUT2D eigenvalue weighted by Crippen LogP contribution is -2.47. The fourth-order valence-electron chi connectivity index (χ4n) is 1.22. The van der Waals surface area contributed by atoms with Gasteiger partial charge in [-0.2, -0.15) is 0 Å². The summed E-state index contributed by atoms with van der Waals surface area (Å²) in [5.41, 5.74) is 2.73. The first-order valence-electron chi connectivity index (χ1n) is 3.28. The topological polar surface area (TPSA) is 42.5 Å². The molecule has 0 spiro atoms. The zero-order valence-corrected chi connectivity index (χ0v) is 5.09. The van der Waals surface area contributed by atoms with Gasteiger partial charge in [-0.15, -0.1) is 10.5 Å². The van der Waals surface area contributed by atoms with Crippen LogP contribution in [0.15, 0.2) is 0 Å². The Kier molecular flexibility index (Phi) is 1.39. The number of hydrogen-bond acceptors (Lipinski definition) is 4. The van der Waals surface area contributed by atoms with Crippen molar-refractivity contribution in [2.24, 2.45) is 0 Å². The van der Waals surface area contributed by atoms with E-state index in [-0.39, 0.29) is 12.3 Å². The molecule has 0 saturated carbocycles. The van der Waals surface area contributed by atoms with Crippen LogP contribution in [0.1, 0.15) is 12.8 Å². The van der Waals surface area contributed by atoms with Crippen molar-refractivity contribution in [2.45, 2.75) is 25.1 Å². The second kappa shape index (κ2) is 2.22. The van der Waals surface area contributed by atoms with Crippen molar-refractivity contribution in [3.8, 4) is 0 Å². The maximum atomic E-state index is 4.88. The molecule has 2 aliphatic rings. The standard InChI is InChI=1S/C5H10N2O2/c1-2-4-5(6-3-1)7-9-8-4/h4-7H,1-3H2. The lowest BCUT2D eigenvalue weighted by Gasteiger charge is -2.21. The average molecular weight is 130 g/mol. The summed E-state index contributed by atoms with van der Waals surface area (Å²) in [7, 11) is 0. The molecule has 2 aliphatic heterocycles. The van der Waals surface area contributed by atoms with Crippen LogP contribution in [0.4, 0.5) is 0 Å². The van der Waals surface area contributed by atoms with E-state index in [4.69, 9.17) is 4.89 Å². The predicted octanol–water partition coefficient (Wildman–Crippen LogP) is -0.469. The smallest absolute Gasteiger partial charge is 0.126 e. The molecular weight excluding hydrogens is 120 g/mol. The molecule has 2 N–H and O–H groups in total. The zero-order chi connectivity index (χ0) is 6.10. The van der Waals surface area contributed by atoms with Gasteiger partial charge in [-0.05, 0) is 19.4 Å². The number of fused-ring (bicyclic) bond motifs is 1. The summed E-state index contributed by atoms with van der Waals surface area (Å²) >= 11 is 0. The van der Waals surface area contributed by atoms with Crippen LogP contribution in [0.25, 0.3) is 0 Å². The first-order chi connectivity index (χ1) is 4.47. The van der Waals surface area contributed by atoms with Gasteiger partial charge in [0.2, 0.25) is 0 Å². The minimum Gasteiger partial charge on any atom is -0.298 e. The summed E-state index contributed by atoms with van der Waals surface area (Å²) in [6.45, 7) is 1.06. The van der Waals surface area contributed by atoms with E-state index < -0.39 is 0 Å². The van der Waals surface area contributed by atoms with Gasteiger partial charge < -0.3 is 0 Å².